The highest BCUT2D eigenvalue weighted by molar-refractivity contribution is 5.96. The Balaban J connectivity index is 1.88. The van der Waals surface area contributed by atoms with E-state index in [1.165, 1.54) is 6.07 Å². The Kier molecular flexibility index (Phi) is 8.13. The molecule has 0 heterocycles. The molecule has 0 aromatic heterocycles. The number of benzene rings is 2. The molecule has 2 N–H and O–H groups in total. The lowest BCUT2D eigenvalue weighted by atomic mass is 10.0. The van der Waals surface area contributed by atoms with Crippen molar-refractivity contribution >= 4 is 17.8 Å². The predicted molar refractivity (Wildman–Crippen MR) is 112 cm³/mol. The van der Waals surface area contributed by atoms with E-state index in [0.29, 0.717) is 16.9 Å². The smallest absolute Gasteiger partial charge is 0.408 e. The number of ketones is 1. The van der Waals surface area contributed by atoms with Gasteiger partial charge in [-0.15, -0.1) is 0 Å². The largest absolute Gasteiger partial charge is 0.489 e. The van der Waals surface area contributed by atoms with Crippen LogP contribution in [0.3, 0.4) is 0 Å². The lowest BCUT2D eigenvalue weighted by Crippen LogP contribution is -2.43. The fraction of sp³-hybridized carbons (Fsp3) is 0.348. The number of hydrogen-bond donors (Lipinski definition) is 2. The van der Waals surface area contributed by atoms with E-state index in [9.17, 15) is 23.9 Å². The monoisotopic (exact) mass is 431 g/mol. The zero-order valence-electron chi connectivity index (χ0n) is 17.7. The molecule has 1 atom stereocenters. The first kappa shape index (κ1) is 23.9. The van der Waals surface area contributed by atoms with Gasteiger partial charge in [-0.1, -0.05) is 18.2 Å². The number of carbonyl (C=O) groups is 3. The third kappa shape index (κ3) is 8.08. The minimum absolute atomic E-state index is 0.0522. The predicted octanol–water partition coefficient (Wildman–Crippen LogP) is 4.35. The average Bonchev–Trinajstić information content (AvgIpc) is 2.69. The minimum atomic E-state index is -1.25. The number of rotatable bonds is 9. The molecule has 0 aliphatic rings. The molecular formula is C23H26FNO6. The normalized spacial score (nSPS) is 12.0. The van der Waals surface area contributed by atoms with Crippen LogP contribution in [0.2, 0.25) is 0 Å². The van der Waals surface area contributed by atoms with Crippen LogP contribution in [0.5, 0.6) is 5.75 Å². The molecule has 1 unspecified atom stereocenters. The third-order valence-corrected chi connectivity index (χ3v) is 4.18. The van der Waals surface area contributed by atoms with E-state index in [1.807, 2.05) is 0 Å². The molecule has 0 saturated heterocycles. The van der Waals surface area contributed by atoms with E-state index < -0.39 is 23.7 Å². The highest BCUT2D eigenvalue weighted by Gasteiger charge is 2.24. The van der Waals surface area contributed by atoms with Crippen LogP contribution in [0.15, 0.2) is 48.5 Å². The molecule has 0 saturated carbocycles. The summed E-state index contributed by atoms with van der Waals surface area (Å²) in [6.45, 7) is 5.04. The Bertz CT molecular complexity index is 920. The molecule has 2 aromatic carbocycles. The van der Waals surface area contributed by atoms with Crippen molar-refractivity contribution in [2.75, 3.05) is 0 Å². The Hall–Kier alpha value is -3.42. The molecule has 0 bridgehead atoms. The van der Waals surface area contributed by atoms with Crippen molar-refractivity contribution in [3.05, 3.63) is 65.5 Å². The van der Waals surface area contributed by atoms with Gasteiger partial charge in [0.15, 0.2) is 5.78 Å². The number of carbonyl (C=O) groups excluding carboxylic acids is 2. The van der Waals surface area contributed by atoms with Gasteiger partial charge in [0, 0.05) is 17.5 Å². The number of amides is 1. The van der Waals surface area contributed by atoms with Gasteiger partial charge >= 0.3 is 12.1 Å². The number of alkyl carbamates (subject to hydrolysis) is 1. The van der Waals surface area contributed by atoms with Gasteiger partial charge in [-0.25, -0.2) is 14.0 Å². The van der Waals surface area contributed by atoms with Gasteiger partial charge in [0.25, 0.3) is 0 Å². The van der Waals surface area contributed by atoms with Crippen LogP contribution >= 0.6 is 0 Å². The second-order valence-corrected chi connectivity index (χ2v) is 7.90. The first-order chi connectivity index (χ1) is 14.5. The molecule has 0 radical (unpaired) electrons. The SMILES string of the molecule is CC(C)(C)OC(=O)NC(CCC(=O)c1ccc(OCc2ccccc2F)cc1)C(=O)O. The van der Waals surface area contributed by atoms with E-state index in [0.717, 1.165) is 0 Å². The lowest BCUT2D eigenvalue weighted by molar-refractivity contribution is -0.139. The van der Waals surface area contributed by atoms with E-state index in [-0.39, 0.29) is 31.0 Å². The van der Waals surface area contributed by atoms with Crippen LogP contribution < -0.4 is 10.1 Å². The summed E-state index contributed by atoms with van der Waals surface area (Å²) < 4.78 is 24.2. The number of hydrogen-bond acceptors (Lipinski definition) is 5. The lowest BCUT2D eigenvalue weighted by Gasteiger charge is -2.21. The Morgan fingerprint density at radius 3 is 2.29 bits per heavy atom. The molecule has 0 aliphatic heterocycles. The number of Topliss-reactive ketones (excluding diaryl/α,β-unsaturated/α-hetero) is 1. The van der Waals surface area contributed by atoms with Crippen molar-refractivity contribution in [2.24, 2.45) is 0 Å². The summed E-state index contributed by atoms with van der Waals surface area (Å²) in [5, 5.41) is 11.6. The van der Waals surface area contributed by atoms with Gasteiger partial charge in [-0.05, 0) is 57.5 Å². The minimum Gasteiger partial charge on any atom is -0.489 e. The highest BCUT2D eigenvalue weighted by atomic mass is 19.1. The van der Waals surface area contributed by atoms with E-state index in [2.05, 4.69) is 5.32 Å². The van der Waals surface area contributed by atoms with E-state index >= 15 is 0 Å². The number of ether oxygens (including phenoxy) is 2. The van der Waals surface area contributed by atoms with Gasteiger partial charge < -0.3 is 19.9 Å². The van der Waals surface area contributed by atoms with Crippen LogP contribution in [-0.4, -0.2) is 34.6 Å². The molecule has 166 valence electrons. The van der Waals surface area contributed by atoms with Crippen LogP contribution in [0.4, 0.5) is 9.18 Å². The standard InChI is InChI=1S/C23H26FNO6/c1-23(2,3)31-22(29)25-19(21(27)28)12-13-20(26)15-8-10-17(11-9-15)30-14-16-6-4-5-7-18(16)24/h4-11,19H,12-14H2,1-3H3,(H,25,29)(H,27,28). The fourth-order valence-corrected chi connectivity index (χ4v) is 2.64. The summed E-state index contributed by atoms with van der Waals surface area (Å²) in [6, 6.07) is 11.3. The van der Waals surface area contributed by atoms with Gasteiger partial charge in [-0.2, -0.15) is 0 Å². The summed E-state index contributed by atoms with van der Waals surface area (Å²) in [6.07, 6.45) is -1.02. The molecule has 2 rings (SSSR count). The van der Waals surface area contributed by atoms with Gasteiger partial charge in [0.05, 0.1) is 0 Å². The van der Waals surface area contributed by atoms with E-state index in [4.69, 9.17) is 9.47 Å². The maximum atomic E-state index is 13.6. The number of carboxylic acids is 1. The van der Waals surface area contributed by atoms with E-state index in [1.54, 1.807) is 63.2 Å². The van der Waals surface area contributed by atoms with Crippen LogP contribution in [0.25, 0.3) is 0 Å². The highest BCUT2D eigenvalue weighted by Crippen LogP contribution is 2.17. The summed E-state index contributed by atoms with van der Waals surface area (Å²) in [7, 11) is 0. The first-order valence-corrected chi connectivity index (χ1v) is 9.77. The van der Waals surface area contributed by atoms with Crippen LogP contribution in [-0.2, 0) is 16.1 Å². The van der Waals surface area contributed by atoms with Crippen molar-refractivity contribution in [2.45, 2.75) is 51.9 Å². The molecule has 8 heteroatoms. The summed E-state index contributed by atoms with van der Waals surface area (Å²) in [5.41, 5.74) is 0.0264. The second-order valence-electron chi connectivity index (χ2n) is 7.90. The molecule has 0 fully saturated rings. The molecule has 2 aromatic rings. The van der Waals surface area contributed by atoms with Crippen molar-refractivity contribution in [1.82, 2.24) is 5.32 Å². The maximum Gasteiger partial charge on any atom is 0.408 e. The first-order valence-electron chi connectivity index (χ1n) is 9.77. The zero-order valence-corrected chi connectivity index (χ0v) is 17.7. The molecular weight excluding hydrogens is 405 g/mol. The average molecular weight is 431 g/mol. The maximum absolute atomic E-state index is 13.6. The van der Waals surface area contributed by atoms with Gasteiger partial charge in [-0.3, -0.25) is 4.79 Å². The molecule has 1 amide bonds. The molecule has 31 heavy (non-hydrogen) atoms. The zero-order chi connectivity index (χ0) is 23.0. The number of nitrogens with one attached hydrogen (secondary N) is 1. The summed E-state index contributed by atoms with van der Waals surface area (Å²) >= 11 is 0. The number of halogens is 1. The quantitative estimate of drug-likeness (QED) is 0.573. The number of carboxylic acid groups (broad SMARTS) is 1. The number of aliphatic carboxylic acids is 1. The second kappa shape index (κ2) is 10.6. The molecule has 0 spiro atoms. The summed E-state index contributed by atoms with van der Waals surface area (Å²) in [5.74, 6) is -1.43. The topological polar surface area (TPSA) is 102 Å². The fourth-order valence-electron chi connectivity index (χ4n) is 2.64. The van der Waals surface area contributed by atoms with Crippen molar-refractivity contribution in [1.29, 1.82) is 0 Å². The molecule has 0 aliphatic carbocycles. The van der Waals surface area contributed by atoms with Crippen LogP contribution in [0, 0.1) is 5.82 Å². The third-order valence-electron chi connectivity index (χ3n) is 4.18. The van der Waals surface area contributed by atoms with Gasteiger partial charge in [0.2, 0.25) is 0 Å². The Morgan fingerprint density at radius 1 is 1.06 bits per heavy atom. The van der Waals surface area contributed by atoms with Crippen molar-refractivity contribution < 1.29 is 33.4 Å². The van der Waals surface area contributed by atoms with Gasteiger partial charge in [0.1, 0.15) is 29.8 Å². The van der Waals surface area contributed by atoms with Crippen LogP contribution in [0.1, 0.15) is 49.5 Å². The van der Waals surface area contributed by atoms with Crippen molar-refractivity contribution in [3.8, 4) is 5.75 Å². The Labute approximate surface area is 180 Å². The summed E-state index contributed by atoms with van der Waals surface area (Å²) in [4.78, 5) is 35.6. The van der Waals surface area contributed by atoms with Crippen molar-refractivity contribution in [3.63, 3.8) is 0 Å². The molecule has 7 nitrogen and oxygen atoms in total. The Morgan fingerprint density at radius 2 is 1.71 bits per heavy atom.